The SMILES string of the molecule is COCC1CC2CCC(C1)N2c1nc(N2CCC(C(N)=O)C2)nc2scc(-c3ccccc3OC)c12. The topological polar surface area (TPSA) is 93.8 Å². The fraction of sp³-hybridized carbons (Fsp3) is 0.519. The van der Waals surface area contributed by atoms with Gasteiger partial charge in [-0.05, 0) is 44.1 Å². The second-order valence-electron chi connectivity index (χ2n) is 10.3. The number of benzene rings is 1. The summed E-state index contributed by atoms with van der Waals surface area (Å²) in [4.78, 5) is 27.8. The Morgan fingerprint density at radius 1 is 1.11 bits per heavy atom. The molecule has 3 atom stereocenters. The first-order valence-electron chi connectivity index (χ1n) is 12.8. The van der Waals surface area contributed by atoms with Crippen molar-refractivity contribution in [2.75, 3.05) is 43.7 Å². The molecule has 3 saturated heterocycles. The van der Waals surface area contributed by atoms with Crippen LogP contribution in [0.2, 0.25) is 0 Å². The zero-order valence-electron chi connectivity index (χ0n) is 20.9. The van der Waals surface area contributed by atoms with Crippen LogP contribution in [0, 0.1) is 11.8 Å². The van der Waals surface area contributed by atoms with E-state index >= 15 is 0 Å². The number of fused-ring (bicyclic) bond motifs is 3. The Labute approximate surface area is 215 Å². The fourth-order valence-electron chi connectivity index (χ4n) is 6.49. The number of aromatic nitrogens is 2. The lowest BCUT2D eigenvalue weighted by Crippen LogP contribution is -2.44. The lowest BCUT2D eigenvalue weighted by molar-refractivity contribution is -0.121. The molecule has 6 rings (SSSR count). The Bertz CT molecular complexity index is 1270. The molecule has 2 N–H and O–H groups in total. The van der Waals surface area contributed by atoms with Crippen molar-refractivity contribution < 1.29 is 14.3 Å². The molecule has 3 fully saturated rings. The summed E-state index contributed by atoms with van der Waals surface area (Å²) in [5.74, 6) is 2.76. The normalized spacial score (nSPS) is 25.6. The third kappa shape index (κ3) is 3.98. The number of hydrogen-bond donors (Lipinski definition) is 1. The maximum absolute atomic E-state index is 11.8. The number of primary amides is 1. The molecule has 36 heavy (non-hydrogen) atoms. The molecule has 190 valence electrons. The number of carbonyl (C=O) groups excluding carboxylic acids is 1. The van der Waals surface area contributed by atoms with Crippen molar-refractivity contribution in [1.29, 1.82) is 0 Å². The first kappa shape index (κ1) is 23.5. The Morgan fingerprint density at radius 2 is 1.89 bits per heavy atom. The van der Waals surface area contributed by atoms with Gasteiger partial charge in [-0.25, -0.2) is 4.98 Å². The number of thiophene rings is 1. The molecule has 3 aliphatic heterocycles. The van der Waals surface area contributed by atoms with Gasteiger partial charge >= 0.3 is 0 Å². The van der Waals surface area contributed by atoms with Crippen LogP contribution in [0.5, 0.6) is 5.75 Å². The molecular weight excluding hydrogens is 474 g/mol. The second-order valence-corrected chi connectivity index (χ2v) is 11.2. The smallest absolute Gasteiger partial charge is 0.228 e. The summed E-state index contributed by atoms with van der Waals surface area (Å²) in [7, 11) is 3.51. The van der Waals surface area contributed by atoms with E-state index in [9.17, 15) is 4.79 Å². The average Bonchev–Trinajstić information content (AvgIpc) is 3.60. The van der Waals surface area contributed by atoms with Gasteiger partial charge in [0, 0.05) is 55.4 Å². The summed E-state index contributed by atoms with van der Waals surface area (Å²) < 4.78 is 11.2. The van der Waals surface area contributed by atoms with Gasteiger partial charge in [-0.1, -0.05) is 18.2 Å². The van der Waals surface area contributed by atoms with Crippen LogP contribution < -0.4 is 20.3 Å². The molecule has 9 heteroatoms. The lowest BCUT2D eigenvalue weighted by atomic mass is 9.91. The number of hydrogen-bond acceptors (Lipinski definition) is 8. The van der Waals surface area contributed by atoms with Crippen molar-refractivity contribution in [3.8, 4) is 16.9 Å². The number of anilines is 2. The summed E-state index contributed by atoms with van der Waals surface area (Å²) in [6.45, 7) is 2.14. The molecule has 0 aliphatic carbocycles. The minimum Gasteiger partial charge on any atom is -0.496 e. The maximum atomic E-state index is 11.8. The van der Waals surface area contributed by atoms with Crippen LogP contribution >= 0.6 is 11.3 Å². The molecule has 1 amide bonds. The average molecular weight is 508 g/mol. The number of nitrogens with two attached hydrogens (primary N) is 1. The van der Waals surface area contributed by atoms with Gasteiger partial charge in [0.2, 0.25) is 11.9 Å². The number of para-hydroxylation sites is 1. The van der Waals surface area contributed by atoms with Crippen LogP contribution in [-0.2, 0) is 9.53 Å². The monoisotopic (exact) mass is 507 g/mol. The van der Waals surface area contributed by atoms with Crippen molar-refractivity contribution in [1.82, 2.24) is 9.97 Å². The summed E-state index contributed by atoms with van der Waals surface area (Å²) in [6, 6.07) is 9.03. The minimum atomic E-state index is -0.244. The van der Waals surface area contributed by atoms with Crippen LogP contribution in [-0.4, -0.2) is 61.9 Å². The quantitative estimate of drug-likeness (QED) is 0.515. The molecule has 1 aromatic carbocycles. The van der Waals surface area contributed by atoms with Crippen LogP contribution in [0.3, 0.4) is 0 Å². The third-order valence-electron chi connectivity index (χ3n) is 8.15. The first-order valence-corrected chi connectivity index (χ1v) is 13.7. The predicted molar refractivity (Wildman–Crippen MR) is 143 cm³/mol. The van der Waals surface area contributed by atoms with E-state index in [1.54, 1.807) is 25.6 Å². The van der Waals surface area contributed by atoms with Crippen molar-refractivity contribution in [2.45, 2.75) is 44.2 Å². The Kier molecular flexibility index (Phi) is 6.21. The highest BCUT2D eigenvalue weighted by Crippen LogP contribution is 2.48. The van der Waals surface area contributed by atoms with Gasteiger partial charge in [0.05, 0.1) is 18.4 Å². The van der Waals surface area contributed by atoms with Gasteiger partial charge in [0.15, 0.2) is 0 Å². The highest BCUT2D eigenvalue weighted by molar-refractivity contribution is 7.17. The van der Waals surface area contributed by atoms with Gasteiger partial charge in [0.25, 0.3) is 0 Å². The van der Waals surface area contributed by atoms with E-state index < -0.39 is 0 Å². The van der Waals surface area contributed by atoms with E-state index in [4.69, 9.17) is 25.2 Å². The number of piperidine rings is 1. The Balaban J connectivity index is 1.48. The Hall–Kier alpha value is -2.91. The highest BCUT2D eigenvalue weighted by atomic mass is 32.1. The summed E-state index contributed by atoms with van der Waals surface area (Å²) in [5.41, 5.74) is 7.79. The molecule has 3 aromatic rings. The van der Waals surface area contributed by atoms with E-state index in [0.717, 1.165) is 65.3 Å². The van der Waals surface area contributed by atoms with Gasteiger partial charge in [0.1, 0.15) is 16.4 Å². The van der Waals surface area contributed by atoms with Crippen LogP contribution in [0.4, 0.5) is 11.8 Å². The number of nitrogens with zero attached hydrogens (tertiary/aromatic N) is 4. The molecule has 2 aromatic heterocycles. The maximum Gasteiger partial charge on any atom is 0.228 e. The van der Waals surface area contributed by atoms with Crippen molar-refractivity contribution >= 4 is 39.2 Å². The molecule has 0 spiro atoms. The Morgan fingerprint density at radius 3 is 2.58 bits per heavy atom. The zero-order chi connectivity index (χ0) is 24.8. The zero-order valence-corrected chi connectivity index (χ0v) is 21.7. The van der Waals surface area contributed by atoms with Crippen LogP contribution in [0.25, 0.3) is 21.3 Å². The summed E-state index contributed by atoms with van der Waals surface area (Å²) in [5, 5.41) is 3.28. The summed E-state index contributed by atoms with van der Waals surface area (Å²) in [6.07, 6.45) is 5.33. The van der Waals surface area contributed by atoms with E-state index in [-0.39, 0.29) is 11.8 Å². The third-order valence-corrected chi connectivity index (χ3v) is 9.02. The number of amides is 1. The van der Waals surface area contributed by atoms with Gasteiger partial charge < -0.3 is 25.0 Å². The molecule has 2 bridgehead atoms. The first-order chi connectivity index (χ1) is 17.6. The van der Waals surface area contributed by atoms with Crippen molar-refractivity contribution in [2.24, 2.45) is 17.6 Å². The molecule has 8 nitrogen and oxygen atoms in total. The molecule has 0 saturated carbocycles. The number of rotatable bonds is 7. The summed E-state index contributed by atoms with van der Waals surface area (Å²) >= 11 is 1.65. The minimum absolute atomic E-state index is 0.152. The number of ether oxygens (including phenoxy) is 2. The fourth-order valence-corrected chi connectivity index (χ4v) is 7.42. The predicted octanol–water partition coefficient (Wildman–Crippen LogP) is 4.07. The van der Waals surface area contributed by atoms with E-state index in [1.807, 2.05) is 18.2 Å². The van der Waals surface area contributed by atoms with Crippen molar-refractivity contribution in [3.05, 3.63) is 29.6 Å². The standard InChI is InChI=1S/C27H33N5O3S/c1-34-14-16-11-18-7-8-19(12-16)32(18)25-23-21(20-5-3-4-6-22(20)35-2)15-36-26(23)30-27(29-25)31-10-9-17(13-31)24(28)33/h3-6,15-19H,7-14H2,1-2H3,(H2,28,33). The van der Waals surface area contributed by atoms with Gasteiger partial charge in [-0.2, -0.15) is 4.98 Å². The molecule has 3 unspecified atom stereocenters. The van der Waals surface area contributed by atoms with E-state index in [0.29, 0.717) is 30.5 Å². The molecule has 3 aliphatic rings. The molecule has 0 radical (unpaired) electrons. The second kappa shape index (κ2) is 9.52. The molecular formula is C27H33N5O3S. The number of carbonyl (C=O) groups is 1. The molecule has 5 heterocycles. The van der Waals surface area contributed by atoms with E-state index in [2.05, 4.69) is 21.2 Å². The van der Waals surface area contributed by atoms with Gasteiger partial charge in [-0.15, -0.1) is 11.3 Å². The van der Waals surface area contributed by atoms with Crippen molar-refractivity contribution in [3.63, 3.8) is 0 Å². The number of methoxy groups -OCH3 is 2. The largest absolute Gasteiger partial charge is 0.496 e. The lowest BCUT2D eigenvalue weighted by Gasteiger charge is -2.40. The van der Waals surface area contributed by atoms with E-state index in [1.165, 1.54) is 12.8 Å². The van der Waals surface area contributed by atoms with Crippen LogP contribution in [0.15, 0.2) is 29.6 Å². The highest BCUT2D eigenvalue weighted by Gasteiger charge is 2.43. The van der Waals surface area contributed by atoms with Gasteiger partial charge in [-0.3, -0.25) is 4.79 Å². The van der Waals surface area contributed by atoms with Crippen LogP contribution in [0.1, 0.15) is 32.1 Å².